The zero-order valence-corrected chi connectivity index (χ0v) is 26.2. The highest BCUT2D eigenvalue weighted by atomic mass is 79.9. The molecule has 3 heterocycles. The second-order valence-corrected chi connectivity index (χ2v) is 17.6. The molecule has 1 aliphatic rings. The summed E-state index contributed by atoms with van der Waals surface area (Å²) in [6, 6.07) is 3.68. The maximum absolute atomic E-state index is 15.0. The first-order chi connectivity index (χ1) is 19.4. The van der Waals surface area contributed by atoms with Gasteiger partial charge in [-0.05, 0) is 35.1 Å². The number of hydrogen-bond donors (Lipinski definition) is 2. The van der Waals surface area contributed by atoms with Gasteiger partial charge in [0.15, 0.2) is 17.4 Å². The van der Waals surface area contributed by atoms with Gasteiger partial charge < -0.3 is 34.5 Å². The Hall–Kier alpha value is -3.07. The van der Waals surface area contributed by atoms with Crippen molar-refractivity contribution in [2.45, 2.75) is 32.4 Å². The Balaban J connectivity index is 1.40. The highest BCUT2D eigenvalue weighted by molar-refractivity contribution is 9.10. The van der Waals surface area contributed by atoms with Crippen LogP contribution in [0, 0.1) is 11.6 Å². The second-order valence-electron chi connectivity index (χ2n) is 11.2. The molecule has 0 spiro atoms. The van der Waals surface area contributed by atoms with Crippen LogP contribution in [0.1, 0.15) is 0 Å². The number of carbonyl (C=O) groups excluding carboxylic acids is 2. The van der Waals surface area contributed by atoms with E-state index in [0.717, 1.165) is 31.3 Å². The van der Waals surface area contributed by atoms with Crippen LogP contribution < -0.4 is 15.4 Å². The third-order valence-corrected chi connectivity index (χ3v) is 8.93. The molecule has 14 heteroatoms. The summed E-state index contributed by atoms with van der Waals surface area (Å²) in [5, 5.41) is 5.33. The molecule has 1 fully saturated rings. The fourth-order valence-corrected chi connectivity index (χ4v) is 5.58. The number of ether oxygens (including phenoxy) is 2. The van der Waals surface area contributed by atoms with Crippen LogP contribution in [0.25, 0.3) is 11.0 Å². The van der Waals surface area contributed by atoms with E-state index < -0.39 is 31.5 Å². The Kier molecular flexibility index (Phi) is 9.99. The Morgan fingerprint density at radius 2 is 1.80 bits per heavy atom. The summed E-state index contributed by atoms with van der Waals surface area (Å²) in [6.45, 7) is 10.2. The van der Waals surface area contributed by atoms with Gasteiger partial charge in [-0.15, -0.1) is 0 Å². The molecule has 0 atom stereocenters. The Labute approximate surface area is 247 Å². The number of rotatable bonds is 10. The van der Waals surface area contributed by atoms with Crippen LogP contribution in [-0.2, 0) is 16.3 Å². The molecule has 4 rings (SSSR count). The highest BCUT2D eigenvalue weighted by Gasteiger charge is 2.21. The van der Waals surface area contributed by atoms with Gasteiger partial charge in [-0.3, -0.25) is 4.79 Å². The Morgan fingerprint density at radius 3 is 2.46 bits per heavy atom. The van der Waals surface area contributed by atoms with Crippen LogP contribution >= 0.6 is 15.9 Å². The van der Waals surface area contributed by atoms with E-state index >= 15 is 0 Å². The largest absolute Gasteiger partial charge is 0.450 e. The summed E-state index contributed by atoms with van der Waals surface area (Å²) in [6.07, 6.45) is 3.27. The van der Waals surface area contributed by atoms with Gasteiger partial charge in [0.2, 0.25) is 5.91 Å². The number of carbonyl (C=O) groups is 2. The van der Waals surface area contributed by atoms with Crippen molar-refractivity contribution in [3.63, 3.8) is 0 Å². The lowest BCUT2D eigenvalue weighted by atomic mass is 10.2. The van der Waals surface area contributed by atoms with Gasteiger partial charge in [-0.25, -0.2) is 18.6 Å². The number of amides is 3. The molecule has 1 aromatic carbocycles. The molecule has 0 bridgehead atoms. The maximum Gasteiger partial charge on any atom is 0.319 e. The number of nitrogens with one attached hydrogen (secondary N) is 2. The van der Waals surface area contributed by atoms with Crippen molar-refractivity contribution >= 4 is 52.7 Å². The number of nitrogens with zero attached hydrogens (tertiary/aromatic N) is 4. The van der Waals surface area contributed by atoms with Gasteiger partial charge in [0, 0.05) is 75.5 Å². The lowest BCUT2D eigenvalue weighted by molar-refractivity contribution is -0.131. The van der Waals surface area contributed by atoms with Crippen LogP contribution in [0.3, 0.4) is 0 Å². The lowest BCUT2D eigenvalue weighted by Crippen LogP contribution is -2.50. The number of aromatic nitrogens is 2. The summed E-state index contributed by atoms with van der Waals surface area (Å²) in [4.78, 5) is 32.8. The molecular weight excluding hydrogens is 618 g/mol. The summed E-state index contributed by atoms with van der Waals surface area (Å²) in [7, 11) is 0.743. The van der Waals surface area contributed by atoms with E-state index in [4.69, 9.17) is 9.47 Å². The average molecular weight is 654 g/mol. The monoisotopic (exact) mass is 652 g/mol. The van der Waals surface area contributed by atoms with E-state index in [0.29, 0.717) is 35.2 Å². The summed E-state index contributed by atoms with van der Waals surface area (Å²) >= 11 is 3.49. The minimum atomic E-state index is -1.23. The fourth-order valence-electron chi connectivity index (χ4n) is 4.20. The maximum atomic E-state index is 15.0. The number of halogens is 3. The standard InChI is InChI=1S/C27H35BrF2N6O4Si/c1-34-7-9-35(10-8-34)23(37)15-32-27(38)33-18-13-20(29)25(21(30)14-18)40-22-5-6-31-26-24(22)19(28)16-36(26)17-39-11-12-41(2,3)4/h5-6,13-14,16H,7-12,15,17H2,1-4H3,(H2,32,33,38). The first-order valence-corrected chi connectivity index (χ1v) is 17.8. The molecular formula is C27H35BrF2N6O4Si. The summed E-state index contributed by atoms with van der Waals surface area (Å²) < 4.78 is 43.9. The van der Waals surface area contributed by atoms with Crippen LogP contribution in [0.15, 0.2) is 35.1 Å². The van der Waals surface area contributed by atoms with Gasteiger partial charge in [-0.2, -0.15) is 0 Å². The van der Waals surface area contributed by atoms with Crippen LogP contribution in [0.2, 0.25) is 25.7 Å². The van der Waals surface area contributed by atoms with E-state index in [1.807, 2.05) is 7.05 Å². The number of anilines is 1. The van der Waals surface area contributed by atoms with Crippen LogP contribution in [0.5, 0.6) is 11.5 Å². The van der Waals surface area contributed by atoms with Gasteiger partial charge >= 0.3 is 6.03 Å². The van der Waals surface area contributed by atoms with Gasteiger partial charge in [0.05, 0.1) is 11.9 Å². The molecule has 0 radical (unpaired) electrons. The fraction of sp³-hybridized carbons (Fsp3) is 0.444. The van der Waals surface area contributed by atoms with Crippen molar-refractivity contribution in [2.75, 3.05) is 51.7 Å². The Morgan fingerprint density at radius 1 is 1.12 bits per heavy atom. The molecule has 2 N–H and O–H groups in total. The molecule has 0 unspecified atom stereocenters. The highest BCUT2D eigenvalue weighted by Crippen LogP contribution is 2.37. The zero-order valence-electron chi connectivity index (χ0n) is 23.6. The van der Waals surface area contributed by atoms with E-state index in [-0.39, 0.29) is 30.6 Å². The van der Waals surface area contributed by atoms with E-state index in [9.17, 15) is 18.4 Å². The van der Waals surface area contributed by atoms with Gasteiger partial charge in [0.25, 0.3) is 0 Å². The molecule has 3 amide bonds. The van der Waals surface area contributed by atoms with Crippen molar-refractivity contribution in [2.24, 2.45) is 0 Å². The first kappa shape index (κ1) is 30.9. The molecule has 0 aliphatic carbocycles. The number of pyridine rings is 1. The number of fused-ring (bicyclic) bond motifs is 1. The second kappa shape index (κ2) is 13.3. The lowest BCUT2D eigenvalue weighted by Gasteiger charge is -2.32. The normalized spacial score (nSPS) is 14.4. The number of benzene rings is 1. The van der Waals surface area contributed by atoms with Crippen molar-refractivity contribution in [3.05, 3.63) is 46.7 Å². The average Bonchev–Trinajstić information content (AvgIpc) is 3.23. The minimum Gasteiger partial charge on any atom is -0.450 e. The summed E-state index contributed by atoms with van der Waals surface area (Å²) in [5.74, 6) is -2.68. The van der Waals surface area contributed by atoms with Crippen LogP contribution in [0.4, 0.5) is 19.3 Å². The van der Waals surface area contributed by atoms with Crippen molar-refractivity contribution < 1.29 is 27.8 Å². The minimum absolute atomic E-state index is 0.125. The molecule has 1 aliphatic heterocycles. The molecule has 0 saturated carbocycles. The summed E-state index contributed by atoms with van der Waals surface area (Å²) in [5.41, 5.74) is 0.406. The number of piperazine rings is 1. The van der Waals surface area contributed by atoms with Crippen molar-refractivity contribution in [1.29, 1.82) is 0 Å². The van der Waals surface area contributed by atoms with E-state index in [1.54, 1.807) is 15.7 Å². The van der Waals surface area contributed by atoms with Gasteiger partial charge in [-0.1, -0.05) is 19.6 Å². The molecule has 10 nitrogen and oxygen atoms in total. The molecule has 3 aromatic rings. The van der Waals surface area contributed by atoms with Crippen LogP contribution in [-0.4, -0.2) is 85.7 Å². The third-order valence-electron chi connectivity index (χ3n) is 6.62. The topological polar surface area (TPSA) is 101 Å². The van der Waals surface area contributed by atoms with Crippen molar-refractivity contribution in [1.82, 2.24) is 24.7 Å². The SMILES string of the molecule is CN1CCN(C(=O)CNC(=O)Nc2cc(F)c(Oc3ccnc4c3c(Br)cn4COCC[Si](C)(C)C)c(F)c2)CC1. The number of likely N-dealkylation sites (N-methyl/N-ethyl adjacent to an activating group) is 1. The van der Waals surface area contributed by atoms with E-state index in [1.165, 1.54) is 12.3 Å². The smallest absolute Gasteiger partial charge is 0.319 e. The van der Waals surface area contributed by atoms with E-state index in [2.05, 4.69) is 56.1 Å². The molecule has 41 heavy (non-hydrogen) atoms. The van der Waals surface area contributed by atoms with Gasteiger partial charge in [0.1, 0.15) is 18.1 Å². The third kappa shape index (κ3) is 8.24. The van der Waals surface area contributed by atoms with Crippen molar-refractivity contribution in [3.8, 4) is 11.5 Å². The Bertz CT molecular complexity index is 1390. The molecule has 222 valence electrons. The predicted octanol–water partition coefficient (Wildman–Crippen LogP) is 5.08. The quantitative estimate of drug-likeness (QED) is 0.234. The molecule has 2 aromatic heterocycles. The molecule has 1 saturated heterocycles. The first-order valence-electron chi connectivity index (χ1n) is 13.3. The predicted molar refractivity (Wildman–Crippen MR) is 159 cm³/mol. The zero-order chi connectivity index (χ0) is 29.7. The number of urea groups is 1. The number of hydrogen-bond acceptors (Lipinski definition) is 6.